The van der Waals surface area contributed by atoms with Gasteiger partial charge in [0.1, 0.15) is 29.8 Å². The van der Waals surface area contributed by atoms with Crippen LogP contribution in [-0.2, 0) is 0 Å². The number of methoxy groups -OCH3 is 1. The second kappa shape index (κ2) is 11.7. The summed E-state index contributed by atoms with van der Waals surface area (Å²) in [5.41, 5.74) is 2.99. The lowest BCUT2D eigenvalue weighted by Crippen LogP contribution is -2.31. The van der Waals surface area contributed by atoms with E-state index in [0.29, 0.717) is 29.2 Å². The van der Waals surface area contributed by atoms with Crippen LogP contribution in [0.1, 0.15) is 19.8 Å². The molecule has 182 valence electrons. The van der Waals surface area contributed by atoms with Crippen LogP contribution in [0.3, 0.4) is 0 Å². The molecule has 6 nitrogen and oxygen atoms in total. The van der Waals surface area contributed by atoms with Crippen LogP contribution in [0.25, 0.3) is 33.2 Å². The van der Waals surface area contributed by atoms with Crippen molar-refractivity contribution in [3.05, 3.63) is 83.2 Å². The first kappa shape index (κ1) is 24.5. The quantitative estimate of drug-likeness (QED) is 0.228. The molecule has 3 aromatic carbocycles. The smallest absolute Gasteiger partial charge is 0.344 e. The van der Waals surface area contributed by atoms with Crippen molar-refractivity contribution in [2.45, 2.75) is 25.9 Å². The summed E-state index contributed by atoms with van der Waals surface area (Å²) in [4.78, 5) is 13.1. The molecule has 4 aromatic rings. The molecule has 0 aliphatic carbocycles. The highest BCUT2D eigenvalue weighted by Crippen LogP contribution is 2.37. The van der Waals surface area contributed by atoms with Crippen LogP contribution in [0, 0.1) is 0 Å². The Labute approximate surface area is 205 Å². The van der Waals surface area contributed by atoms with Crippen LogP contribution in [0.4, 0.5) is 0 Å². The van der Waals surface area contributed by atoms with E-state index < -0.39 is 11.7 Å². The van der Waals surface area contributed by atoms with Gasteiger partial charge in [-0.3, -0.25) is 0 Å². The number of ether oxygens (including phenoxy) is 2. The second-order valence-corrected chi connectivity index (χ2v) is 8.41. The number of rotatable bonds is 11. The first-order chi connectivity index (χ1) is 17.1. The summed E-state index contributed by atoms with van der Waals surface area (Å²) >= 11 is 0. The first-order valence-electron chi connectivity index (χ1n) is 11.9. The molecule has 6 heteroatoms. The molecule has 0 saturated heterocycles. The highest BCUT2D eigenvalue weighted by atomic mass is 16.5. The third-order valence-corrected chi connectivity index (χ3v) is 5.85. The molecular weight excluding hydrogens is 442 g/mol. The van der Waals surface area contributed by atoms with Gasteiger partial charge in [0.2, 0.25) is 0 Å². The van der Waals surface area contributed by atoms with Gasteiger partial charge in [-0.2, -0.15) is 0 Å². The predicted molar refractivity (Wildman–Crippen MR) is 139 cm³/mol. The summed E-state index contributed by atoms with van der Waals surface area (Å²) in [6.07, 6.45) is 1.61. The van der Waals surface area contributed by atoms with Crippen molar-refractivity contribution in [3.63, 3.8) is 0 Å². The zero-order valence-electron chi connectivity index (χ0n) is 20.1. The number of hydrogen-bond donors (Lipinski definition) is 2. The molecule has 0 spiro atoms. The molecule has 35 heavy (non-hydrogen) atoms. The van der Waals surface area contributed by atoms with Gasteiger partial charge in [-0.05, 0) is 48.4 Å². The maximum atomic E-state index is 13.1. The average Bonchev–Trinajstić information content (AvgIpc) is 2.89. The standard InChI is InChI=1S/C29H31NO5/c1-3-4-16-30-18-22(31)19-34-23-12-10-21(11-13-23)27-25-15-14-24(33-2)17-26(25)35-29(32)28(27)20-8-6-5-7-9-20/h5-15,17,22,30-31H,3-4,16,18-19H2,1-2H3. The van der Waals surface area contributed by atoms with E-state index in [-0.39, 0.29) is 6.61 Å². The normalized spacial score (nSPS) is 12.0. The van der Waals surface area contributed by atoms with Gasteiger partial charge in [0, 0.05) is 23.6 Å². The first-order valence-corrected chi connectivity index (χ1v) is 11.9. The summed E-state index contributed by atoms with van der Waals surface area (Å²) in [7, 11) is 1.58. The fraction of sp³-hybridized carbons (Fsp3) is 0.276. The van der Waals surface area contributed by atoms with E-state index in [1.807, 2.05) is 66.7 Å². The SMILES string of the molecule is CCCCNCC(O)COc1ccc(-c2c(-c3ccccc3)c(=O)oc3cc(OC)ccc23)cc1. The average molecular weight is 474 g/mol. The van der Waals surface area contributed by atoms with Gasteiger partial charge in [-0.1, -0.05) is 55.8 Å². The van der Waals surface area contributed by atoms with Crippen molar-refractivity contribution in [3.8, 4) is 33.8 Å². The number of aliphatic hydroxyl groups is 1. The Morgan fingerprint density at radius 1 is 0.943 bits per heavy atom. The zero-order valence-corrected chi connectivity index (χ0v) is 20.1. The summed E-state index contributed by atoms with van der Waals surface area (Å²) < 4.78 is 16.8. The number of hydrogen-bond acceptors (Lipinski definition) is 6. The van der Waals surface area contributed by atoms with E-state index in [1.54, 1.807) is 13.2 Å². The Balaban J connectivity index is 1.65. The van der Waals surface area contributed by atoms with Crippen LogP contribution in [0.5, 0.6) is 11.5 Å². The van der Waals surface area contributed by atoms with E-state index in [9.17, 15) is 9.90 Å². The minimum Gasteiger partial charge on any atom is -0.497 e. The maximum absolute atomic E-state index is 13.1. The largest absolute Gasteiger partial charge is 0.497 e. The molecule has 1 aromatic heterocycles. The molecular formula is C29H31NO5. The van der Waals surface area contributed by atoms with Crippen molar-refractivity contribution in [1.82, 2.24) is 5.32 Å². The van der Waals surface area contributed by atoms with Crippen LogP contribution in [0.2, 0.25) is 0 Å². The topological polar surface area (TPSA) is 80.9 Å². The van der Waals surface area contributed by atoms with Gasteiger partial charge in [0.15, 0.2) is 0 Å². The lowest BCUT2D eigenvalue weighted by Gasteiger charge is -2.15. The van der Waals surface area contributed by atoms with Gasteiger partial charge < -0.3 is 24.3 Å². The number of unbranched alkanes of at least 4 members (excludes halogenated alkanes) is 1. The number of fused-ring (bicyclic) bond motifs is 1. The second-order valence-electron chi connectivity index (χ2n) is 8.41. The Bertz CT molecular complexity index is 1300. The Kier molecular flexibility index (Phi) is 8.19. The highest BCUT2D eigenvalue weighted by Gasteiger charge is 2.18. The van der Waals surface area contributed by atoms with E-state index >= 15 is 0 Å². The molecule has 2 N–H and O–H groups in total. The van der Waals surface area contributed by atoms with Gasteiger partial charge in [-0.15, -0.1) is 0 Å². The van der Waals surface area contributed by atoms with Crippen LogP contribution >= 0.6 is 0 Å². The zero-order chi connectivity index (χ0) is 24.6. The fourth-order valence-corrected chi connectivity index (χ4v) is 4.01. The van der Waals surface area contributed by atoms with Crippen LogP contribution in [-0.4, -0.2) is 38.0 Å². The third kappa shape index (κ3) is 5.91. The van der Waals surface area contributed by atoms with Crippen molar-refractivity contribution in [2.24, 2.45) is 0 Å². The fourth-order valence-electron chi connectivity index (χ4n) is 4.01. The summed E-state index contributed by atoms with van der Waals surface area (Å²) in [5.74, 6) is 1.27. The van der Waals surface area contributed by atoms with E-state index in [2.05, 4.69) is 12.2 Å². The van der Waals surface area contributed by atoms with Gasteiger partial charge in [-0.25, -0.2) is 4.79 Å². The summed E-state index contributed by atoms with van der Waals surface area (Å²) in [5, 5.41) is 14.2. The van der Waals surface area contributed by atoms with Crippen molar-refractivity contribution in [1.29, 1.82) is 0 Å². The van der Waals surface area contributed by atoms with Crippen molar-refractivity contribution in [2.75, 3.05) is 26.8 Å². The van der Waals surface area contributed by atoms with Crippen LogP contribution < -0.4 is 20.4 Å². The molecule has 4 rings (SSSR count). The maximum Gasteiger partial charge on any atom is 0.344 e. The molecule has 0 aliphatic heterocycles. The minimum absolute atomic E-state index is 0.200. The lowest BCUT2D eigenvalue weighted by molar-refractivity contribution is 0.106. The van der Waals surface area contributed by atoms with Crippen molar-refractivity contribution < 1.29 is 19.0 Å². The van der Waals surface area contributed by atoms with Crippen LogP contribution in [0.15, 0.2) is 82.0 Å². The molecule has 0 bridgehead atoms. The molecule has 1 heterocycles. The lowest BCUT2D eigenvalue weighted by atomic mass is 9.93. The number of aliphatic hydroxyl groups excluding tert-OH is 1. The minimum atomic E-state index is -0.589. The van der Waals surface area contributed by atoms with Crippen molar-refractivity contribution >= 4 is 11.0 Å². The number of nitrogens with one attached hydrogen (secondary N) is 1. The van der Waals surface area contributed by atoms with E-state index in [0.717, 1.165) is 41.5 Å². The Morgan fingerprint density at radius 3 is 2.37 bits per heavy atom. The predicted octanol–water partition coefficient (Wildman–Crippen LogP) is 5.27. The van der Waals surface area contributed by atoms with Gasteiger partial charge in [0.05, 0.1) is 12.7 Å². The molecule has 0 aliphatic rings. The molecule has 1 unspecified atom stereocenters. The highest BCUT2D eigenvalue weighted by molar-refractivity contribution is 6.01. The molecule has 1 atom stereocenters. The summed E-state index contributed by atoms with van der Waals surface area (Å²) in [6.45, 7) is 3.71. The molecule has 0 amide bonds. The molecule has 0 fully saturated rings. The summed E-state index contributed by atoms with van der Waals surface area (Å²) in [6, 6.07) is 22.6. The monoisotopic (exact) mass is 473 g/mol. The van der Waals surface area contributed by atoms with Gasteiger partial charge in [0.25, 0.3) is 0 Å². The third-order valence-electron chi connectivity index (χ3n) is 5.85. The van der Waals surface area contributed by atoms with E-state index in [4.69, 9.17) is 13.9 Å². The number of benzene rings is 3. The Hall–Kier alpha value is -3.61. The molecule has 0 saturated carbocycles. The van der Waals surface area contributed by atoms with E-state index in [1.165, 1.54) is 0 Å². The molecule has 0 radical (unpaired) electrons. The van der Waals surface area contributed by atoms with Gasteiger partial charge >= 0.3 is 5.63 Å². The Morgan fingerprint density at radius 2 is 1.66 bits per heavy atom.